The molecule has 0 saturated heterocycles. The number of anilines is 1. The van der Waals surface area contributed by atoms with Crippen LogP contribution in [-0.2, 0) is 0 Å². The highest BCUT2D eigenvalue weighted by molar-refractivity contribution is 7.12. The summed E-state index contributed by atoms with van der Waals surface area (Å²) in [5, 5.41) is 10.7. The molecular formula is C10H15NO2S. The molecule has 0 aliphatic carbocycles. The second-order valence-electron chi connectivity index (χ2n) is 3.35. The van der Waals surface area contributed by atoms with E-state index in [0.29, 0.717) is 10.9 Å². The van der Waals surface area contributed by atoms with Crippen LogP contribution >= 0.6 is 11.3 Å². The first-order chi connectivity index (χ1) is 6.56. The van der Waals surface area contributed by atoms with Gasteiger partial charge in [0, 0.05) is 23.7 Å². The maximum Gasteiger partial charge on any atom is 0.345 e. The Bertz CT molecular complexity index is 320. The fraction of sp³-hybridized carbons (Fsp3) is 0.500. The van der Waals surface area contributed by atoms with Gasteiger partial charge in [0.25, 0.3) is 0 Å². The fourth-order valence-corrected chi connectivity index (χ4v) is 2.18. The predicted molar refractivity (Wildman–Crippen MR) is 59.4 cm³/mol. The maximum absolute atomic E-state index is 10.7. The third kappa shape index (κ3) is 2.26. The molecule has 0 fully saturated rings. The van der Waals surface area contributed by atoms with Gasteiger partial charge < -0.3 is 10.0 Å². The summed E-state index contributed by atoms with van der Waals surface area (Å²) in [5.41, 5.74) is 1.00. The lowest BCUT2D eigenvalue weighted by molar-refractivity contribution is 0.0702. The molecule has 0 aliphatic heterocycles. The molecule has 78 valence electrons. The van der Waals surface area contributed by atoms with E-state index < -0.39 is 5.97 Å². The molecule has 0 atom stereocenters. The van der Waals surface area contributed by atoms with E-state index in [-0.39, 0.29) is 0 Å². The summed E-state index contributed by atoms with van der Waals surface area (Å²) in [7, 11) is 0. The van der Waals surface area contributed by atoms with Gasteiger partial charge >= 0.3 is 5.97 Å². The Morgan fingerprint density at radius 1 is 1.64 bits per heavy atom. The Kier molecular flexibility index (Phi) is 3.52. The van der Waals surface area contributed by atoms with Crippen molar-refractivity contribution < 1.29 is 9.90 Å². The molecular weight excluding hydrogens is 198 g/mol. The van der Waals surface area contributed by atoms with Crippen molar-refractivity contribution in [3.05, 3.63) is 16.3 Å². The molecule has 3 nitrogen and oxygen atoms in total. The van der Waals surface area contributed by atoms with Crippen molar-refractivity contribution in [2.75, 3.05) is 11.4 Å². The van der Waals surface area contributed by atoms with Gasteiger partial charge in [0.1, 0.15) is 4.88 Å². The minimum absolute atomic E-state index is 0.399. The van der Waals surface area contributed by atoms with Gasteiger partial charge in [-0.1, -0.05) is 0 Å². The van der Waals surface area contributed by atoms with Crippen LogP contribution in [0.2, 0.25) is 0 Å². The maximum atomic E-state index is 10.7. The highest BCUT2D eigenvalue weighted by atomic mass is 32.1. The molecule has 1 aromatic rings. The van der Waals surface area contributed by atoms with E-state index in [1.54, 1.807) is 6.07 Å². The topological polar surface area (TPSA) is 40.5 Å². The molecule has 0 unspecified atom stereocenters. The van der Waals surface area contributed by atoms with Gasteiger partial charge in [0.15, 0.2) is 0 Å². The Hall–Kier alpha value is -1.03. The van der Waals surface area contributed by atoms with Crippen LogP contribution in [0.4, 0.5) is 5.69 Å². The third-order valence-electron chi connectivity index (χ3n) is 2.09. The minimum atomic E-state index is -0.846. The first-order valence-corrected chi connectivity index (χ1v) is 5.52. The standard InChI is InChI=1S/C10H15NO2S/c1-4-11(7(2)3)8-5-9(10(12)13)14-6-8/h5-7H,4H2,1-3H3,(H,12,13). The number of nitrogens with zero attached hydrogens (tertiary/aromatic N) is 1. The third-order valence-corrected chi connectivity index (χ3v) is 3.00. The Morgan fingerprint density at radius 2 is 2.29 bits per heavy atom. The zero-order valence-corrected chi connectivity index (χ0v) is 9.47. The zero-order chi connectivity index (χ0) is 10.7. The summed E-state index contributed by atoms with van der Waals surface area (Å²) in [6.45, 7) is 7.16. The van der Waals surface area contributed by atoms with Crippen molar-refractivity contribution in [1.29, 1.82) is 0 Å². The van der Waals surface area contributed by atoms with E-state index in [1.165, 1.54) is 11.3 Å². The lowest BCUT2D eigenvalue weighted by Crippen LogP contribution is -2.29. The quantitative estimate of drug-likeness (QED) is 0.836. The number of aromatic carboxylic acids is 1. The highest BCUT2D eigenvalue weighted by Crippen LogP contribution is 2.24. The van der Waals surface area contributed by atoms with E-state index in [4.69, 9.17) is 5.11 Å². The molecule has 1 rings (SSSR count). The molecule has 0 aliphatic rings. The largest absolute Gasteiger partial charge is 0.477 e. The Balaban J connectivity index is 2.89. The minimum Gasteiger partial charge on any atom is -0.477 e. The molecule has 0 bridgehead atoms. The second kappa shape index (κ2) is 4.46. The first-order valence-electron chi connectivity index (χ1n) is 4.64. The van der Waals surface area contributed by atoms with Crippen LogP contribution in [0, 0.1) is 0 Å². The van der Waals surface area contributed by atoms with Crippen LogP contribution in [0.5, 0.6) is 0 Å². The van der Waals surface area contributed by atoms with Crippen molar-refractivity contribution in [1.82, 2.24) is 0 Å². The van der Waals surface area contributed by atoms with Gasteiger partial charge in [0.2, 0.25) is 0 Å². The first kappa shape index (κ1) is 11.0. The zero-order valence-electron chi connectivity index (χ0n) is 8.65. The van der Waals surface area contributed by atoms with Crippen LogP contribution in [-0.4, -0.2) is 23.7 Å². The predicted octanol–water partition coefficient (Wildman–Crippen LogP) is 2.68. The van der Waals surface area contributed by atoms with Crippen LogP contribution in [0.15, 0.2) is 11.4 Å². The Morgan fingerprint density at radius 3 is 2.64 bits per heavy atom. The fourth-order valence-electron chi connectivity index (χ4n) is 1.43. The summed E-state index contributed by atoms with van der Waals surface area (Å²) in [5.74, 6) is -0.846. The normalized spacial score (nSPS) is 10.6. The molecule has 1 heterocycles. The smallest absolute Gasteiger partial charge is 0.345 e. The highest BCUT2D eigenvalue weighted by Gasteiger charge is 2.13. The summed E-state index contributed by atoms with van der Waals surface area (Å²) in [4.78, 5) is 13.3. The number of carbonyl (C=O) groups is 1. The van der Waals surface area contributed by atoms with Crippen molar-refractivity contribution >= 4 is 23.0 Å². The lowest BCUT2D eigenvalue weighted by atomic mass is 10.3. The second-order valence-corrected chi connectivity index (χ2v) is 4.27. The molecule has 0 radical (unpaired) electrons. The van der Waals surface area contributed by atoms with Crippen molar-refractivity contribution in [2.24, 2.45) is 0 Å². The molecule has 14 heavy (non-hydrogen) atoms. The summed E-state index contributed by atoms with van der Waals surface area (Å²) in [6.07, 6.45) is 0. The number of rotatable bonds is 4. The van der Waals surface area contributed by atoms with Crippen molar-refractivity contribution in [2.45, 2.75) is 26.8 Å². The molecule has 0 spiro atoms. The van der Waals surface area contributed by atoms with Crippen LogP contribution < -0.4 is 4.90 Å². The van der Waals surface area contributed by atoms with Gasteiger partial charge in [-0.2, -0.15) is 0 Å². The van der Waals surface area contributed by atoms with E-state index in [9.17, 15) is 4.79 Å². The van der Waals surface area contributed by atoms with Crippen LogP contribution in [0.1, 0.15) is 30.4 Å². The number of thiophene rings is 1. The number of carboxylic acids is 1. The monoisotopic (exact) mass is 213 g/mol. The molecule has 0 saturated carbocycles. The van der Waals surface area contributed by atoms with E-state index >= 15 is 0 Å². The molecule has 4 heteroatoms. The van der Waals surface area contributed by atoms with E-state index in [1.807, 2.05) is 5.38 Å². The van der Waals surface area contributed by atoms with Gasteiger partial charge in [-0.05, 0) is 26.8 Å². The molecule has 0 amide bonds. The average Bonchev–Trinajstić information content (AvgIpc) is 2.53. The number of hydrogen-bond acceptors (Lipinski definition) is 3. The van der Waals surface area contributed by atoms with Gasteiger partial charge in [0.05, 0.1) is 0 Å². The average molecular weight is 213 g/mol. The SMILES string of the molecule is CCN(c1csc(C(=O)O)c1)C(C)C. The number of carboxylic acid groups (broad SMARTS) is 1. The summed E-state index contributed by atoms with van der Waals surface area (Å²) in [6, 6.07) is 2.13. The van der Waals surface area contributed by atoms with E-state index in [0.717, 1.165) is 12.2 Å². The van der Waals surface area contributed by atoms with Gasteiger partial charge in [-0.25, -0.2) is 4.79 Å². The van der Waals surface area contributed by atoms with Gasteiger partial charge in [-0.3, -0.25) is 0 Å². The Labute approximate surface area is 88.0 Å². The summed E-state index contributed by atoms with van der Waals surface area (Å²) >= 11 is 1.28. The van der Waals surface area contributed by atoms with Crippen LogP contribution in [0.25, 0.3) is 0 Å². The lowest BCUT2D eigenvalue weighted by Gasteiger charge is -2.25. The van der Waals surface area contributed by atoms with Crippen LogP contribution in [0.3, 0.4) is 0 Å². The van der Waals surface area contributed by atoms with Gasteiger partial charge in [-0.15, -0.1) is 11.3 Å². The molecule has 0 aromatic carbocycles. The molecule has 1 aromatic heterocycles. The number of hydrogen-bond donors (Lipinski definition) is 1. The summed E-state index contributed by atoms with van der Waals surface area (Å²) < 4.78 is 0. The van der Waals surface area contributed by atoms with Crippen molar-refractivity contribution in [3.8, 4) is 0 Å². The molecule has 1 N–H and O–H groups in total. The van der Waals surface area contributed by atoms with Crippen molar-refractivity contribution in [3.63, 3.8) is 0 Å². The van der Waals surface area contributed by atoms with E-state index in [2.05, 4.69) is 25.7 Å².